The Balaban J connectivity index is 3.45. The predicted molar refractivity (Wildman–Crippen MR) is 60.7 cm³/mol. The molecule has 3 N–H and O–H groups in total. The maximum absolute atomic E-state index is 8.73. The molecule has 0 radical (unpaired) electrons. The lowest BCUT2D eigenvalue weighted by molar-refractivity contribution is 0.255. The lowest BCUT2D eigenvalue weighted by Crippen LogP contribution is -2.24. The van der Waals surface area contributed by atoms with Crippen LogP contribution < -0.4 is 5.73 Å². The molecule has 3 atom stereocenters. The van der Waals surface area contributed by atoms with Crippen molar-refractivity contribution in [2.45, 2.75) is 45.6 Å². The number of aliphatic hydroxyl groups excluding tert-OH is 1. The summed E-state index contributed by atoms with van der Waals surface area (Å²) in [5.41, 5.74) is 5.60. The van der Waals surface area contributed by atoms with Crippen molar-refractivity contribution in [3.8, 4) is 12.3 Å². The summed E-state index contributed by atoms with van der Waals surface area (Å²) in [6.07, 6.45) is 9.55. The predicted octanol–water partition coefficient (Wildman–Crippen LogP) is 1.77. The van der Waals surface area contributed by atoms with Crippen molar-refractivity contribution in [2.75, 3.05) is 6.61 Å². The zero-order chi connectivity index (χ0) is 11.0. The number of hydrogen-bond donors (Lipinski definition) is 2. The van der Waals surface area contributed by atoms with E-state index in [2.05, 4.69) is 19.8 Å². The quantitative estimate of drug-likeness (QED) is 0.611. The minimum absolute atomic E-state index is 0.0488. The molecule has 2 nitrogen and oxygen atoms in total. The third kappa shape index (κ3) is 6.94. The van der Waals surface area contributed by atoms with E-state index in [1.165, 1.54) is 0 Å². The van der Waals surface area contributed by atoms with Gasteiger partial charge in [0.2, 0.25) is 0 Å². The molecule has 0 fully saturated rings. The molecule has 0 aromatic rings. The van der Waals surface area contributed by atoms with Crippen molar-refractivity contribution in [3.05, 3.63) is 0 Å². The molecule has 0 amide bonds. The number of aliphatic hydroxyl groups is 1. The van der Waals surface area contributed by atoms with Crippen molar-refractivity contribution in [3.63, 3.8) is 0 Å². The fraction of sp³-hybridized carbons (Fsp3) is 0.833. The summed E-state index contributed by atoms with van der Waals surface area (Å²) in [5, 5.41) is 8.73. The van der Waals surface area contributed by atoms with Gasteiger partial charge in [-0.1, -0.05) is 26.7 Å². The Kier molecular flexibility index (Phi) is 7.55. The monoisotopic (exact) mass is 197 g/mol. The number of rotatable bonds is 7. The van der Waals surface area contributed by atoms with Gasteiger partial charge >= 0.3 is 0 Å². The largest absolute Gasteiger partial charge is 0.395 e. The molecule has 0 rings (SSSR count). The molecule has 0 saturated heterocycles. The molecule has 0 heterocycles. The molecule has 0 saturated carbocycles. The first-order valence-electron chi connectivity index (χ1n) is 5.42. The highest BCUT2D eigenvalue weighted by atomic mass is 16.3. The lowest BCUT2D eigenvalue weighted by atomic mass is 9.93. The molecular formula is C12H23NO. The van der Waals surface area contributed by atoms with E-state index in [9.17, 15) is 0 Å². The molecule has 82 valence electrons. The van der Waals surface area contributed by atoms with E-state index in [0.717, 1.165) is 25.7 Å². The highest BCUT2D eigenvalue weighted by Gasteiger charge is 2.07. The highest BCUT2D eigenvalue weighted by Crippen LogP contribution is 2.17. The number of terminal acetylenes is 1. The van der Waals surface area contributed by atoms with Crippen LogP contribution in [0.25, 0.3) is 0 Å². The molecule has 0 aliphatic rings. The van der Waals surface area contributed by atoms with Crippen LogP contribution in [0.15, 0.2) is 0 Å². The second kappa shape index (κ2) is 7.84. The first-order chi connectivity index (χ1) is 6.60. The molecular weight excluding hydrogens is 174 g/mol. The highest BCUT2D eigenvalue weighted by molar-refractivity contribution is 4.90. The zero-order valence-electron chi connectivity index (χ0n) is 9.37. The fourth-order valence-electron chi connectivity index (χ4n) is 1.61. The molecule has 0 aromatic carbocycles. The first kappa shape index (κ1) is 13.5. The Labute approximate surface area is 87.9 Å². The van der Waals surface area contributed by atoms with Gasteiger partial charge in [-0.15, -0.1) is 12.3 Å². The van der Waals surface area contributed by atoms with E-state index in [0.29, 0.717) is 11.8 Å². The molecule has 0 aliphatic carbocycles. The summed E-state index contributed by atoms with van der Waals surface area (Å²) in [6, 6.07) is -0.0488. The molecule has 14 heavy (non-hydrogen) atoms. The van der Waals surface area contributed by atoms with E-state index in [1.54, 1.807) is 0 Å². The van der Waals surface area contributed by atoms with Crippen LogP contribution in [0.1, 0.15) is 39.5 Å². The second-order valence-corrected chi connectivity index (χ2v) is 4.28. The van der Waals surface area contributed by atoms with Gasteiger partial charge in [0, 0.05) is 12.0 Å². The van der Waals surface area contributed by atoms with Crippen LogP contribution in [-0.2, 0) is 0 Å². The van der Waals surface area contributed by atoms with Crippen LogP contribution in [0.4, 0.5) is 0 Å². The van der Waals surface area contributed by atoms with Crippen molar-refractivity contribution >= 4 is 0 Å². The van der Waals surface area contributed by atoms with Crippen LogP contribution in [-0.4, -0.2) is 17.8 Å². The van der Waals surface area contributed by atoms with Gasteiger partial charge < -0.3 is 10.8 Å². The molecule has 0 aromatic heterocycles. The Morgan fingerprint density at radius 2 is 2.00 bits per heavy atom. The first-order valence-corrected chi connectivity index (χ1v) is 5.42. The van der Waals surface area contributed by atoms with Gasteiger partial charge in [0.05, 0.1) is 6.61 Å². The van der Waals surface area contributed by atoms with Crippen LogP contribution in [0, 0.1) is 24.2 Å². The third-order valence-corrected chi connectivity index (χ3v) is 2.55. The van der Waals surface area contributed by atoms with E-state index < -0.39 is 0 Å². The number of hydrogen-bond acceptors (Lipinski definition) is 2. The van der Waals surface area contributed by atoms with Gasteiger partial charge in [-0.2, -0.15) is 0 Å². The maximum atomic E-state index is 8.73. The third-order valence-electron chi connectivity index (χ3n) is 2.55. The second-order valence-electron chi connectivity index (χ2n) is 4.28. The van der Waals surface area contributed by atoms with Gasteiger partial charge in [-0.25, -0.2) is 0 Å². The Hall–Kier alpha value is -0.520. The van der Waals surface area contributed by atoms with E-state index in [-0.39, 0.29) is 12.6 Å². The van der Waals surface area contributed by atoms with Gasteiger partial charge in [0.15, 0.2) is 0 Å². The Morgan fingerprint density at radius 3 is 2.50 bits per heavy atom. The van der Waals surface area contributed by atoms with Gasteiger partial charge in [-0.3, -0.25) is 0 Å². The Bertz CT molecular complexity index is 174. The summed E-state index contributed by atoms with van der Waals surface area (Å²) in [7, 11) is 0. The summed E-state index contributed by atoms with van der Waals surface area (Å²) in [5.74, 6) is 3.77. The van der Waals surface area contributed by atoms with Crippen molar-refractivity contribution in [1.82, 2.24) is 0 Å². The van der Waals surface area contributed by atoms with Crippen LogP contribution in [0.3, 0.4) is 0 Å². The minimum atomic E-state index is -0.0488. The molecule has 0 bridgehead atoms. The van der Waals surface area contributed by atoms with Crippen LogP contribution in [0.2, 0.25) is 0 Å². The summed E-state index contributed by atoms with van der Waals surface area (Å²) in [6.45, 7) is 4.39. The SMILES string of the molecule is C#CC(C)CC(C)CCCC(N)CO. The smallest absolute Gasteiger partial charge is 0.0582 e. The van der Waals surface area contributed by atoms with E-state index in [4.69, 9.17) is 17.3 Å². The number of nitrogens with two attached hydrogens (primary N) is 1. The Morgan fingerprint density at radius 1 is 1.36 bits per heavy atom. The molecule has 3 unspecified atom stereocenters. The molecule has 0 spiro atoms. The standard InChI is InChI=1S/C12H23NO/c1-4-10(2)8-11(3)6-5-7-12(13)9-14/h1,10-12,14H,5-9,13H2,2-3H3. The van der Waals surface area contributed by atoms with Crippen LogP contribution >= 0.6 is 0 Å². The average Bonchev–Trinajstić information content (AvgIpc) is 2.17. The average molecular weight is 197 g/mol. The lowest BCUT2D eigenvalue weighted by Gasteiger charge is -2.14. The van der Waals surface area contributed by atoms with Gasteiger partial charge in [0.25, 0.3) is 0 Å². The van der Waals surface area contributed by atoms with Gasteiger partial charge in [0.1, 0.15) is 0 Å². The van der Waals surface area contributed by atoms with Crippen molar-refractivity contribution in [2.24, 2.45) is 17.6 Å². The van der Waals surface area contributed by atoms with E-state index in [1.807, 2.05) is 0 Å². The van der Waals surface area contributed by atoms with E-state index >= 15 is 0 Å². The zero-order valence-corrected chi connectivity index (χ0v) is 9.37. The van der Waals surface area contributed by atoms with Crippen LogP contribution in [0.5, 0.6) is 0 Å². The van der Waals surface area contributed by atoms with Crippen molar-refractivity contribution < 1.29 is 5.11 Å². The summed E-state index contributed by atoms with van der Waals surface area (Å²) in [4.78, 5) is 0. The topological polar surface area (TPSA) is 46.2 Å². The fourth-order valence-corrected chi connectivity index (χ4v) is 1.61. The van der Waals surface area contributed by atoms with Gasteiger partial charge in [-0.05, 0) is 18.8 Å². The summed E-state index contributed by atoms with van der Waals surface area (Å²) >= 11 is 0. The minimum Gasteiger partial charge on any atom is -0.395 e. The van der Waals surface area contributed by atoms with Crippen molar-refractivity contribution in [1.29, 1.82) is 0 Å². The summed E-state index contributed by atoms with van der Waals surface area (Å²) < 4.78 is 0. The molecule has 0 aliphatic heterocycles. The normalized spacial score (nSPS) is 17.1. The molecule has 2 heteroatoms. The maximum Gasteiger partial charge on any atom is 0.0582 e.